The van der Waals surface area contributed by atoms with Gasteiger partial charge in [-0.3, -0.25) is 0 Å². The van der Waals surface area contributed by atoms with Crippen LogP contribution in [0.5, 0.6) is 0 Å². The molecule has 0 bridgehead atoms. The first kappa shape index (κ1) is 12.5. The van der Waals surface area contributed by atoms with E-state index in [0.29, 0.717) is 11.8 Å². The van der Waals surface area contributed by atoms with Gasteiger partial charge in [-0.15, -0.1) is 0 Å². The van der Waals surface area contributed by atoms with Crippen LogP contribution in [0.3, 0.4) is 0 Å². The quantitative estimate of drug-likeness (QED) is 0.785. The first-order valence-electron chi connectivity index (χ1n) is 6.98. The second-order valence-electron chi connectivity index (χ2n) is 5.55. The molecule has 2 aliphatic rings. The molecule has 1 atom stereocenters. The third-order valence-electron chi connectivity index (χ3n) is 3.92. The van der Waals surface area contributed by atoms with Crippen LogP contribution in [0.4, 0.5) is 4.79 Å². The van der Waals surface area contributed by atoms with Crippen LogP contribution in [0, 0.1) is 11.8 Å². The number of hydrogen-bond donors (Lipinski definition) is 1. The lowest BCUT2D eigenvalue weighted by atomic mass is 10.0. The molecule has 2 fully saturated rings. The molecule has 3 heteroatoms. The smallest absolute Gasteiger partial charge is 0.321 e. The van der Waals surface area contributed by atoms with Crippen molar-refractivity contribution < 1.29 is 4.79 Å². The first-order chi connectivity index (χ1) is 8.25. The molecule has 96 valence electrons. The van der Waals surface area contributed by atoms with Gasteiger partial charge < -0.3 is 10.2 Å². The zero-order valence-corrected chi connectivity index (χ0v) is 10.8. The fourth-order valence-electron chi connectivity index (χ4n) is 2.87. The van der Waals surface area contributed by atoms with E-state index in [9.17, 15) is 4.79 Å². The Kier molecular flexibility index (Phi) is 4.46. The third kappa shape index (κ3) is 3.76. The van der Waals surface area contributed by atoms with Crippen molar-refractivity contribution in [1.29, 1.82) is 0 Å². The van der Waals surface area contributed by atoms with E-state index in [2.05, 4.69) is 18.3 Å². The van der Waals surface area contributed by atoms with Gasteiger partial charge in [-0.25, -0.2) is 4.79 Å². The lowest BCUT2D eigenvalue weighted by Gasteiger charge is -2.30. The van der Waals surface area contributed by atoms with Gasteiger partial charge in [0.15, 0.2) is 0 Å². The highest BCUT2D eigenvalue weighted by Gasteiger charge is 2.20. The minimum absolute atomic E-state index is 0.0748. The third-order valence-corrected chi connectivity index (χ3v) is 3.92. The van der Waals surface area contributed by atoms with Gasteiger partial charge in [-0.2, -0.15) is 0 Å². The second kappa shape index (κ2) is 6.08. The summed E-state index contributed by atoms with van der Waals surface area (Å²) in [5.74, 6) is 1.34. The first-order valence-corrected chi connectivity index (χ1v) is 6.98. The fraction of sp³-hybridized carbons (Fsp3) is 0.786. The summed E-state index contributed by atoms with van der Waals surface area (Å²) in [7, 11) is 0. The molecule has 3 nitrogen and oxygen atoms in total. The normalized spacial score (nSPS) is 26.6. The van der Waals surface area contributed by atoms with E-state index in [0.717, 1.165) is 19.5 Å². The van der Waals surface area contributed by atoms with E-state index >= 15 is 0 Å². The molecule has 0 aromatic heterocycles. The van der Waals surface area contributed by atoms with Crippen molar-refractivity contribution in [2.45, 2.75) is 45.4 Å². The van der Waals surface area contributed by atoms with Crippen LogP contribution in [-0.2, 0) is 0 Å². The lowest BCUT2D eigenvalue weighted by molar-refractivity contribution is 0.173. The number of nitrogens with one attached hydrogen (secondary N) is 1. The highest BCUT2D eigenvalue weighted by molar-refractivity contribution is 5.75. The molecule has 1 aliphatic heterocycles. The Morgan fingerprint density at radius 2 is 2.00 bits per heavy atom. The molecule has 2 rings (SSSR count). The van der Waals surface area contributed by atoms with Crippen molar-refractivity contribution >= 4 is 6.03 Å². The van der Waals surface area contributed by atoms with Crippen LogP contribution in [-0.4, -0.2) is 24.0 Å². The van der Waals surface area contributed by atoms with Crippen molar-refractivity contribution in [2.24, 2.45) is 11.8 Å². The Morgan fingerprint density at radius 3 is 2.71 bits per heavy atom. The van der Waals surface area contributed by atoms with Gasteiger partial charge in [0.1, 0.15) is 0 Å². The van der Waals surface area contributed by atoms with Gasteiger partial charge in [0.05, 0.1) is 0 Å². The Balaban J connectivity index is 1.72. The summed E-state index contributed by atoms with van der Waals surface area (Å²) in [6.07, 6.45) is 11.7. The molecule has 0 aromatic rings. The number of likely N-dealkylation sites (tertiary alicyclic amines) is 1. The SMILES string of the molecule is CC1CCCN(C(=O)N/C=C/C2CCCC2)C1. The summed E-state index contributed by atoms with van der Waals surface area (Å²) in [4.78, 5) is 13.8. The number of allylic oxidation sites excluding steroid dienone is 1. The van der Waals surface area contributed by atoms with Gasteiger partial charge >= 0.3 is 6.03 Å². The molecule has 0 radical (unpaired) electrons. The Morgan fingerprint density at radius 1 is 1.24 bits per heavy atom. The summed E-state index contributed by atoms with van der Waals surface area (Å²) < 4.78 is 0. The van der Waals surface area contributed by atoms with Crippen LogP contribution in [0.1, 0.15) is 45.4 Å². The van der Waals surface area contributed by atoms with Gasteiger partial charge in [-0.05, 0) is 37.5 Å². The summed E-state index contributed by atoms with van der Waals surface area (Å²) in [5.41, 5.74) is 0. The van der Waals surface area contributed by atoms with Crippen LogP contribution < -0.4 is 5.32 Å². The molecule has 1 N–H and O–H groups in total. The summed E-state index contributed by atoms with van der Waals surface area (Å²) in [6.45, 7) is 4.03. The maximum Gasteiger partial charge on any atom is 0.321 e. The zero-order valence-electron chi connectivity index (χ0n) is 10.8. The number of amides is 2. The van der Waals surface area contributed by atoms with Gasteiger partial charge in [-0.1, -0.05) is 25.8 Å². The summed E-state index contributed by atoms with van der Waals surface area (Å²) in [5, 5.41) is 2.91. The number of carbonyl (C=O) groups excluding carboxylic acids is 1. The Bertz CT molecular complexity index is 282. The minimum atomic E-state index is 0.0748. The predicted octanol–water partition coefficient (Wildman–Crippen LogP) is 3.13. The van der Waals surface area contributed by atoms with Crippen LogP contribution in [0.25, 0.3) is 0 Å². The number of hydrogen-bond acceptors (Lipinski definition) is 1. The number of carbonyl (C=O) groups is 1. The number of rotatable bonds is 2. The lowest BCUT2D eigenvalue weighted by Crippen LogP contribution is -2.43. The van der Waals surface area contributed by atoms with Crippen molar-refractivity contribution in [3.8, 4) is 0 Å². The molecular formula is C14H24N2O. The predicted molar refractivity (Wildman–Crippen MR) is 69.6 cm³/mol. The van der Waals surface area contributed by atoms with E-state index in [4.69, 9.17) is 0 Å². The van der Waals surface area contributed by atoms with Gasteiger partial charge in [0, 0.05) is 19.3 Å². The molecule has 1 saturated carbocycles. The van der Waals surface area contributed by atoms with E-state index in [-0.39, 0.29) is 6.03 Å². The average Bonchev–Trinajstić information content (AvgIpc) is 2.82. The highest BCUT2D eigenvalue weighted by Crippen LogP contribution is 2.25. The molecule has 17 heavy (non-hydrogen) atoms. The molecule has 1 aliphatic carbocycles. The average molecular weight is 236 g/mol. The Hall–Kier alpha value is -0.990. The van der Waals surface area contributed by atoms with Crippen LogP contribution >= 0.6 is 0 Å². The molecule has 2 amide bonds. The van der Waals surface area contributed by atoms with E-state index in [1.165, 1.54) is 32.1 Å². The number of piperidine rings is 1. The van der Waals surface area contributed by atoms with Gasteiger partial charge in [0.25, 0.3) is 0 Å². The van der Waals surface area contributed by atoms with Gasteiger partial charge in [0.2, 0.25) is 0 Å². The number of nitrogens with zero attached hydrogens (tertiary/aromatic N) is 1. The number of urea groups is 1. The second-order valence-corrected chi connectivity index (χ2v) is 5.55. The molecule has 0 spiro atoms. The van der Waals surface area contributed by atoms with Crippen molar-refractivity contribution in [3.63, 3.8) is 0 Å². The summed E-state index contributed by atoms with van der Waals surface area (Å²) >= 11 is 0. The topological polar surface area (TPSA) is 32.3 Å². The largest absolute Gasteiger partial charge is 0.324 e. The van der Waals surface area contributed by atoms with Crippen molar-refractivity contribution in [2.75, 3.05) is 13.1 Å². The van der Waals surface area contributed by atoms with Crippen LogP contribution in [0.15, 0.2) is 12.3 Å². The molecule has 1 heterocycles. The van der Waals surface area contributed by atoms with Crippen molar-refractivity contribution in [1.82, 2.24) is 10.2 Å². The molecule has 1 unspecified atom stereocenters. The maximum absolute atomic E-state index is 11.9. The maximum atomic E-state index is 11.9. The molecular weight excluding hydrogens is 212 g/mol. The van der Waals surface area contributed by atoms with E-state index in [1.807, 2.05) is 11.1 Å². The monoisotopic (exact) mass is 236 g/mol. The minimum Gasteiger partial charge on any atom is -0.324 e. The molecule has 0 aromatic carbocycles. The zero-order chi connectivity index (χ0) is 12.1. The van der Waals surface area contributed by atoms with Crippen molar-refractivity contribution in [3.05, 3.63) is 12.3 Å². The standard InChI is InChI=1S/C14H24N2O/c1-12-5-4-10-16(11-12)14(17)15-9-8-13-6-2-3-7-13/h8-9,12-13H,2-7,10-11H2,1H3,(H,15,17)/b9-8+. The van der Waals surface area contributed by atoms with E-state index < -0.39 is 0 Å². The highest BCUT2D eigenvalue weighted by atomic mass is 16.2. The fourth-order valence-corrected chi connectivity index (χ4v) is 2.87. The van der Waals surface area contributed by atoms with E-state index in [1.54, 1.807) is 0 Å². The molecule has 1 saturated heterocycles. The Labute approximate surface area is 104 Å². The van der Waals surface area contributed by atoms with Crippen LogP contribution in [0.2, 0.25) is 0 Å². The summed E-state index contributed by atoms with van der Waals surface area (Å²) in [6, 6.07) is 0.0748.